The highest BCUT2D eigenvalue weighted by molar-refractivity contribution is 7.09. The highest BCUT2D eigenvalue weighted by Crippen LogP contribution is 2.39. The quantitative estimate of drug-likeness (QED) is 0.827. The van der Waals surface area contributed by atoms with Crippen molar-refractivity contribution in [3.05, 3.63) is 16.6 Å². The summed E-state index contributed by atoms with van der Waals surface area (Å²) in [4.78, 5) is 16.5. The predicted molar refractivity (Wildman–Crippen MR) is 74.9 cm³/mol. The van der Waals surface area contributed by atoms with E-state index in [2.05, 4.69) is 10.3 Å². The summed E-state index contributed by atoms with van der Waals surface area (Å²) >= 11 is 1.61. The topological polar surface area (TPSA) is 77.2 Å². The Kier molecular flexibility index (Phi) is 4.90. The molecule has 1 aliphatic rings. The van der Waals surface area contributed by atoms with Crippen LogP contribution in [-0.2, 0) is 15.1 Å². The number of amides is 1. The lowest BCUT2D eigenvalue weighted by molar-refractivity contribution is -0.125. The van der Waals surface area contributed by atoms with Gasteiger partial charge in [0.1, 0.15) is 5.01 Å². The number of ether oxygens (including phenoxy) is 1. The normalized spacial score (nSPS) is 19.3. The molecule has 2 rings (SSSR count). The fourth-order valence-electron chi connectivity index (χ4n) is 2.62. The van der Waals surface area contributed by atoms with Crippen LogP contribution in [0.1, 0.15) is 37.1 Å². The molecule has 106 valence electrons. The van der Waals surface area contributed by atoms with Crippen LogP contribution in [0.5, 0.6) is 0 Å². The molecule has 0 saturated heterocycles. The van der Waals surface area contributed by atoms with E-state index in [9.17, 15) is 4.79 Å². The molecule has 0 aromatic carbocycles. The maximum absolute atomic E-state index is 12.2. The lowest BCUT2D eigenvalue weighted by atomic mass is 9.98. The van der Waals surface area contributed by atoms with Crippen molar-refractivity contribution in [2.45, 2.75) is 43.7 Å². The van der Waals surface area contributed by atoms with Crippen LogP contribution in [0.15, 0.2) is 11.6 Å². The fourth-order valence-corrected chi connectivity index (χ4v) is 3.47. The van der Waals surface area contributed by atoms with Gasteiger partial charge in [0.15, 0.2) is 0 Å². The zero-order valence-corrected chi connectivity index (χ0v) is 12.0. The van der Waals surface area contributed by atoms with Gasteiger partial charge < -0.3 is 15.8 Å². The predicted octanol–water partition coefficient (Wildman–Crippen LogP) is 1.39. The Labute approximate surface area is 117 Å². The molecule has 1 fully saturated rings. The summed E-state index contributed by atoms with van der Waals surface area (Å²) in [6.45, 7) is 0.355. The Balaban J connectivity index is 2.04. The number of hydrogen-bond donors (Lipinski definition) is 2. The minimum absolute atomic E-state index is 0.00519. The van der Waals surface area contributed by atoms with Crippen molar-refractivity contribution >= 4 is 17.2 Å². The molecule has 0 radical (unpaired) electrons. The first-order valence-electron chi connectivity index (χ1n) is 6.64. The van der Waals surface area contributed by atoms with Gasteiger partial charge >= 0.3 is 0 Å². The van der Waals surface area contributed by atoms with Gasteiger partial charge in [0.25, 0.3) is 0 Å². The molecule has 1 aliphatic carbocycles. The lowest BCUT2D eigenvalue weighted by Crippen LogP contribution is -2.45. The molecule has 1 heterocycles. The summed E-state index contributed by atoms with van der Waals surface area (Å²) < 4.78 is 5.16. The fraction of sp³-hybridized carbons (Fsp3) is 0.692. The number of carbonyl (C=O) groups excluding carboxylic acids is 1. The molecule has 19 heavy (non-hydrogen) atoms. The first-order valence-corrected chi connectivity index (χ1v) is 7.52. The summed E-state index contributed by atoms with van der Waals surface area (Å²) in [7, 11) is 1.58. The molecular weight excluding hydrogens is 262 g/mol. The van der Waals surface area contributed by atoms with Gasteiger partial charge in [-0.05, 0) is 12.8 Å². The number of nitrogens with one attached hydrogen (secondary N) is 1. The second-order valence-electron chi connectivity index (χ2n) is 4.97. The molecule has 0 aliphatic heterocycles. The Morgan fingerprint density at radius 1 is 1.63 bits per heavy atom. The molecule has 1 aromatic rings. The van der Waals surface area contributed by atoms with Gasteiger partial charge in [0.2, 0.25) is 5.91 Å². The summed E-state index contributed by atoms with van der Waals surface area (Å²) in [5.41, 5.74) is 5.29. The van der Waals surface area contributed by atoms with Crippen LogP contribution in [0.2, 0.25) is 0 Å². The molecule has 1 saturated carbocycles. The zero-order valence-electron chi connectivity index (χ0n) is 11.2. The number of nitrogens with two attached hydrogens (primary N) is 1. The molecular formula is C13H21N3O2S. The first kappa shape index (κ1) is 14.4. The molecule has 6 heteroatoms. The van der Waals surface area contributed by atoms with Crippen LogP contribution in [0, 0.1) is 0 Å². The highest BCUT2D eigenvalue weighted by Gasteiger charge is 2.39. The number of nitrogens with zero attached hydrogens (tertiary/aromatic N) is 1. The molecule has 1 amide bonds. The zero-order chi connectivity index (χ0) is 13.7. The SMILES string of the molecule is COC(CN)CC(=O)NC1(c2nccs2)CCCC1. The summed E-state index contributed by atoms with van der Waals surface area (Å²) in [6.07, 6.45) is 6.08. The number of aromatic nitrogens is 1. The average Bonchev–Trinajstić information content (AvgIpc) is 3.07. The minimum Gasteiger partial charge on any atom is -0.380 e. The monoisotopic (exact) mass is 283 g/mol. The van der Waals surface area contributed by atoms with Crippen LogP contribution in [0.3, 0.4) is 0 Å². The third-order valence-corrected chi connectivity index (χ3v) is 4.66. The standard InChI is InChI=1S/C13H21N3O2S/c1-18-10(9-14)8-11(17)16-13(4-2-3-5-13)12-15-6-7-19-12/h6-7,10H,2-5,8-9,14H2,1H3,(H,16,17). The van der Waals surface area contributed by atoms with Crippen molar-refractivity contribution in [3.8, 4) is 0 Å². The van der Waals surface area contributed by atoms with E-state index in [1.807, 2.05) is 5.38 Å². The lowest BCUT2D eigenvalue weighted by Gasteiger charge is -2.28. The van der Waals surface area contributed by atoms with Crippen molar-refractivity contribution in [2.24, 2.45) is 5.73 Å². The number of rotatable bonds is 6. The van der Waals surface area contributed by atoms with E-state index >= 15 is 0 Å². The summed E-state index contributed by atoms with van der Waals surface area (Å²) in [6, 6.07) is 0. The number of thiazole rings is 1. The van der Waals surface area contributed by atoms with Crippen molar-refractivity contribution in [1.29, 1.82) is 0 Å². The van der Waals surface area contributed by atoms with E-state index in [1.54, 1.807) is 24.6 Å². The average molecular weight is 283 g/mol. The maximum Gasteiger partial charge on any atom is 0.223 e. The van der Waals surface area contributed by atoms with Crippen LogP contribution in [-0.4, -0.2) is 30.6 Å². The van der Waals surface area contributed by atoms with Crippen LogP contribution < -0.4 is 11.1 Å². The van der Waals surface area contributed by atoms with Gasteiger partial charge in [0.05, 0.1) is 18.1 Å². The van der Waals surface area contributed by atoms with Crippen molar-refractivity contribution in [3.63, 3.8) is 0 Å². The second kappa shape index (κ2) is 6.45. The summed E-state index contributed by atoms with van der Waals surface area (Å²) in [5.74, 6) is -0.00519. The van der Waals surface area contributed by atoms with E-state index in [0.29, 0.717) is 13.0 Å². The summed E-state index contributed by atoms with van der Waals surface area (Å²) in [5, 5.41) is 6.14. The first-order chi connectivity index (χ1) is 9.20. The number of methoxy groups -OCH3 is 1. The third-order valence-electron chi connectivity index (χ3n) is 3.69. The van der Waals surface area contributed by atoms with Gasteiger partial charge in [-0.3, -0.25) is 4.79 Å². The van der Waals surface area contributed by atoms with Crippen LogP contribution in [0.4, 0.5) is 0 Å². The molecule has 1 atom stereocenters. The Morgan fingerprint density at radius 2 is 2.37 bits per heavy atom. The largest absolute Gasteiger partial charge is 0.380 e. The van der Waals surface area contributed by atoms with E-state index in [0.717, 1.165) is 30.7 Å². The molecule has 1 aromatic heterocycles. The minimum atomic E-state index is -0.266. The van der Waals surface area contributed by atoms with Crippen molar-refractivity contribution in [2.75, 3.05) is 13.7 Å². The molecule has 0 bridgehead atoms. The molecule has 3 N–H and O–H groups in total. The van der Waals surface area contributed by atoms with Gasteiger partial charge in [-0.15, -0.1) is 11.3 Å². The maximum atomic E-state index is 12.2. The van der Waals surface area contributed by atoms with E-state index in [-0.39, 0.29) is 17.6 Å². The Morgan fingerprint density at radius 3 is 2.89 bits per heavy atom. The second-order valence-corrected chi connectivity index (χ2v) is 5.87. The van der Waals surface area contributed by atoms with Gasteiger partial charge in [-0.2, -0.15) is 0 Å². The van der Waals surface area contributed by atoms with Gasteiger partial charge in [-0.25, -0.2) is 4.98 Å². The van der Waals surface area contributed by atoms with E-state index in [4.69, 9.17) is 10.5 Å². The smallest absolute Gasteiger partial charge is 0.223 e. The van der Waals surface area contributed by atoms with Crippen molar-refractivity contribution < 1.29 is 9.53 Å². The van der Waals surface area contributed by atoms with Crippen LogP contribution >= 0.6 is 11.3 Å². The number of hydrogen-bond acceptors (Lipinski definition) is 5. The number of carbonyl (C=O) groups is 1. The highest BCUT2D eigenvalue weighted by atomic mass is 32.1. The van der Waals surface area contributed by atoms with Crippen LogP contribution in [0.25, 0.3) is 0 Å². The van der Waals surface area contributed by atoms with E-state index < -0.39 is 0 Å². The van der Waals surface area contributed by atoms with Gasteiger partial charge in [-0.1, -0.05) is 12.8 Å². The van der Waals surface area contributed by atoms with Gasteiger partial charge in [0, 0.05) is 25.2 Å². The van der Waals surface area contributed by atoms with E-state index in [1.165, 1.54) is 0 Å². The van der Waals surface area contributed by atoms with Crippen molar-refractivity contribution in [1.82, 2.24) is 10.3 Å². The molecule has 5 nitrogen and oxygen atoms in total. The third kappa shape index (κ3) is 3.32. The molecule has 1 unspecified atom stereocenters. The molecule has 0 spiro atoms. The Hall–Kier alpha value is -0.980. The Bertz CT molecular complexity index is 398.